The molecule has 4 rings (SSSR count). The third-order valence-electron chi connectivity index (χ3n) is 4.72. The van der Waals surface area contributed by atoms with Crippen molar-refractivity contribution >= 4 is 17.7 Å². The largest absolute Gasteiger partial charge is 0.335 e. The summed E-state index contributed by atoms with van der Waals surface area (Å²) in [7, 11) is 0. The van der Waals surface area contributed by atoms with E-state index in [4.69, 9.17) is 0 Å². The topological polar surface area (TPSA) is 51.0 Å². The molecule has 0 saturated heterocycles. The second-order valence-corrected chi connectivity index (χ2v) is 7.74. The second kappa shape index (κ2) is 7.96. The molecular formula is C21H22N4OS. The summed E-state index contributed by atoms with van der Waals surface area (Å²) in [5, 5.41) is 9.00. The minimum Gasteiger partial charge on any atom is -0.335 e. The molecule has 27 heavy (non-hydrogen) atoms. The number of aryl methyl sites for hydroxylation is 1. The maximum atomic E-state index is 12.9. The summed E-state index contributed by atoms with van der Waals surface area (Å²) in [5.74, 6) is 0.527. The summed E-state index contributed by atoms with van der Waals surface area (Å²) >= 11 is 1.45. The summed E-state index contributed by atoms with van der Waals surface area (Å²) < 4.78 is 1.95. The molecular weight excluding hydrogens is 356 g/mol. The predicted octanol–water partition coefficient (Wildman–Crippen LogP) is 3.86. The average molecular weight is 379 g/mol. The number of hydrogen-bond donors (Lipinski definition) is 0. The Kier molecular flexibility index (Phi) is 5.25. The van der Waals surface area contributed by atoms with Gasteiger partial charge in [0, 0.05) is 12.6 Å². The standard InChI is InChI=1S/C21H22N4OS/c1-16-7-5-6-10-19(16)25-15-22-23-21(25)27-14-20(26)24(18-11-12-18)13-17-8-3-2-4-9-17/h2-10,15,18H,11-14H2,1H3. The van der Waals surface area contributed by atoms with Gasteiger partial charge in [-0.2, -0.15) is 0 Å². The molecule has 1 aromatic heterocycles. The molecule has 0 N–H and O–H groups in total. The number of thioether (sulfide) groups is 1. The fraction of sp³-hybridized carbons (Fsp3) is 0.286. The number of carbonyl (C=O) groups is 1. The number of amides is 1. The Hall–Kier alpha value is -2.60. The first-order valence-corrected chi connectivity index (χ1v) is 10.1. The van der Waals surface area contributed by atoms with Gasteiger partial charge in [-0.1, -0.05) is 60.3 Å². The molecule has 0 atom stereocenters. The van der Waals surface area contributed by atoms with Crippen molar-refractivity contribution in [2.75, 3.05) is 5.75 Å². The van der Waals surface area contributed by atoms with Crippen LogP contribution in [0.25, 0.3) is 5.69 Å². The molecule has 138 valence electrons. The fourth-order valence-electron chi connectivity index (χ4n) is 3.12. The van der Waals surface area contributed by atoms with Gasteiger partial charge in [0.15, 0.2) is 5.16 Å². The first kappa shape index (κ1) is 17.8. The smallest absolute Gasteiger partial charge is 0.233 e. The van der Waals surface area contributed by atoms with E-state index in [1.54, 1.807) is 6.33 Å². The summed E-state index contributed by atoms with van der Waals surface area (Å²) in [4.78, 5) is 14.9. The van der Waals surface area contributed by atoms with Gasteiger partial charge in [-0.15, -0.1) is 10.2 Å². The molecule has 1 amide bonds. The van der Waals surface area contributed by atoms with Crippen LogP contribution in [-0.4, -0.2) is 37.4 Å². The van der Waals surface area contributed by atoms with Crippen molar-refractivity contribution in [1.29, 1.82) is 0 Å². The van der Waals surface area contributed by atoms with E-state index in [2.05, 4.69) is 35.3 Å². The Morgan fingerprint density at radius 3 is 2.63 bits per heavy atom. The lowest BCUT2D eigenvalue weighted by Gasteiger charge is -2.22. The van der Waals surface area contributed by atoms with Crippen LogP contribution >= 0.6 is 11.8 Å². The van der Waals surface area contributed by atoms with Gasteiger partial charge in [0.05, 0.1) is 11.4 Å². The van der Waals surface area contributed by atoms with Crippen molar-refractivity contribution in [3.8, 4) is 5.69 Å². The maximum Gasteiger partial charge on any atom is 0.233 e. The number of hydrogen-bond acceptors (Lipinski definition) is 4. The number of nitrogens with zero attached hydrogens (tertiary/aromatic N) is 4. The molecule has 1 aliphatic carbocycles. The predicted molar refractivity (Wildman–Crippen MR) is 107 cm³/mol. The molecule has 1 fully saturated rings. The van der Waals surface area contributed by atoms with Crippen molar-refractivity contribution < 1.29 is 4.79 Å². The number of carbonyl (C=O) groups excluding carboxylic acids is 1. The van der Waals surface area contributed by atoms with E-state index >= 15 is 0 Å². The van der Waals surface area contributed by atoms with Crippen LogP contribution in [0.4, 0.5) is 0 Å². The van der Waals surface area contributed by atoms with E-state index in [0.717, 1.165) is 29.2 Å². The van der Waals surface area contributed by atoms with Gasteiger partial charge in [-0.3, -0.25) is 9.36 Å². The first-order chi connectivity index (χ1) is 13.2. The average Bonchev–Trinajstić information content (AvgIpc) is 3.43. The Morgan fingerprint density at radius 2 is 1.89 bits per heavy atom. The molecule has 1 saturated carbocycles. The van der Waals surface area contributed by atoms with Crippen LogP contribution < -0.4 is 0 Å². The quantitative estimate of drug-likeness (QED) is 0.586. The highest BCUT2D eigenvalue weighted by atomic mass is 32.2. The van der Waals surface area contributed by atoms with Crippen LogP contribution in [0.5, 0.6) is 0 Å². The Bertz CT molecular complexity index is 921. The maximum absolute atomic E-state index is 12.9. The minimum atomic E-state index is 0.158. The molecule has 3 aromatic rings. The van der Waals surface area contributed by atoms with E-state index in [1.165, 1.54) is 17.3 Å². The molecule has 6 heteroatoms. The number of aromatic nitrogens is 3. The fourth-order valence-corrected chi connectivity index (χ4v) is 3.93. The van der Waals surface area contributed by atoms with Crippen LogP contribution in [-0.2, 0) is 11.3 Å². The molecule has 0 aliphatic heterocycles. The van der Waals surface area contributed by atoms with Crippen LogP contribution in [0.15, 0.2) is 66.1 Å². The van der Waals surface area contributed by atoms with Crippen LogP contribution in [0.3, 0.4) is 0 Å². The highest BCUT2D eigenvalue weighted by Crippen LogP contribution is 2.30. The molecule has 0 radical (unpaired) electrons. The van der Waals surface area contributed by atoms with Crippen LogP contribution in [0, 0.1) is 6.92 Å². The molecule has 0 bridgehead atoms. The summed E-state index contributed by atoms with van der Waals surface area (Å²) in [5.41, 5.74) is 3.36. The minimum absolute atomic E-state index is 0.158. The van der Waals surface area contributed by atoms with E-state index in [-0.39, 0.29) is 5.91 Å². The third kappa shape index (κ3) is 4.22. The summed E-state index contributed by atoms with van der Waals surface area (Å²) in [6, 6.07) is 18.7. The third-order valence-corrected chi connectivity index (χ3v) is 5.65. The highest BCUT2D eigenvalue weighted by molar-refractivity contribution is 7.99. The van der Waals surface area contributed by atoms with Gasteiger partial charge in [0.1, 0.15) is 6.33 Å². The summed E-state index contributed by atoms with van der Waals surface area (Å²) in [6.07, 6.45) is 3.91. The van der Waals surface area contributed by atoms with E-state index in [9.17, 15) is 4.79 Å². The van der Waals surface area contributed by atoms with E-state index in [1.807, 2.05) is 45.9 Å². The number of para-hydroxylation sites is 1. The Labute approximate surface area is 163 Å². The zero-order valence-corrected chi connectivity index (χ0v) is 16.1. The SMILES string of the molecule is Cc1ccccc1-n1cnnc1SCC(=O)N(Cc1ccccc1)C1CC1. The normalized spacial score (nSPS) is 13.5. The lowest BCUT2D eigenvalue weighted by molar-refractivity contribution is -0.129. The van der Waals surface area contributed by atoms with Gasteiger partial charge in [0.25, 0.3) is 0 Å². The van der Waals surface area contributed by atoms with Gasteiger partial charge in [0.2, 0.25) is 5.91 Å². The lowest BCUT2D eigenvalue weighted by Crippen LogP contribution is -2.34. The van der Waals surface area contributed by atoms with Crippen molar-refractivity contribution in [2.45, 2.75) is 37.5 Å². The van der Waals surface area contributed by atoms with Gasteiger partial charge in [-0.25, -0.2) is 0 Å². The molecule has 2 aromatic carbocycles. The zero-order valence-electron chi connectivity index (χ0n) is 15.3. The van der Waals surface area contributed by atoms with Gasteiger partial charge < -0.3 is 4.90 Å². The Balaban J connectivity index is 1.45. The first-order valence-electron chi connectivity index (χ1n) is 9.14. The highest BCUT2D eigenvalue weighted by Gasteiger charge is 2.32. The second-order valence-electron chi connectivity index (χ2n) is 6.80. The van der Waals surface area contributed by atoms with Crippen molar-refractivity contribution in [2.24, 2.45) is 0 Å². The monoisotopic (exact) mass is 378 g/mol. The van der Waals surface area contributed by atoms with E-state index in [0.29, 0.717) is 18.3 Å². The van der Waals surface area contributed by atoms with E-state index < -0.39 is 0 Å². The lowest BCUT2D eigenvalue weighted by atomic mass is 10.2. The molecule has 0 spiro atoms. The Morgan fingerprint density at radius 1 is 1.15 bits per heavy atom. The number of rotatable bonds is 7. The van der Waals surface area contributed by atoms with Crippen molar-refractivity contribution in [1.82, 2.24) is 19.7 Å². The van der Waals surface area contributed by atoms with Gasteiger partial charge in [-0.05, 0) is 37.0 Å². The molecule has 1 heterocycles. The van der Waals surface area contributed by atoms with Gasteiger partial charge >= 0.3 is 0 Å². The van der Waals surface area contributed by atoms with Crippen LogP contribution in [0.2, 0.25) is 0 Å². The van der Waals surface area contributed by atoms with Crippen molar-refractivity contribution in [3.05, 3.63) is 72.1 Å². The number of benzene rings is 2. The molecule has 0 unspecified atom stereocenters. The zero-order chi connectivity index (χ0) is 18.6. The summed E-state index contributed by atoms with van der Waals surface area (Å²) in [6.45, 7) is 2.74. The van der Waals surface area contributed by atoms with Crippen LogP contribution in [0.1, 0.15) is 24.0 Å². The van der Waals surface area contributed by atoms with Crippen molar-refractivity contribution in [3.63, 3.8) is 0 Å². The molecule has 1 aliphatic rings. The molecule has 5 nitrogen and oxygen atoms in total.